The van der Waals surface area contributed by atoms with E-state index in [9.17, 15) is 8.42 Å². The number of hydrogen-bond donors (Lipinski definition) is 2. The number of nitrogens with zero attached hydrogens (tertiary/aromatic N) is 4. The number of rotatable bonds is 7. The zero-order valence-corrected chi connectivity index (χ0v) is 14.5. The molecule has 0 spiro atoms. The van der Waals surface area contributed by atoms with Crippen molar-refractivity contribution in [3.8, 4) is 5.69 Å². The Balaban J connectivity index is 1.57. The summed E-state index contributed by atoms with van der Waals surface area (Å²) >= 11 is 1.24. The fourth-order valence-corrected chi connectivity index (χ4v) is 4.39. The molecule has 3 rings (SSSR count). The number of hydrogen-bond acceptors (Lipinski definition) is 7. The van der Waals surface area contributed by atoms with Crippen LogP contribution in [-0.2, 0) is 10.0 Å². The molecule has 10 heteroatoms. The van der Waals surface area contributed by atoms with Crippen LogP contribution in [0.3, 0.4) is 0 Å². The molecule has 0 bridgehead atoms. The van der Waals surface area contributed by atoms with Crippen molar-refractivity contribution in [3.63, 3.8) is 0 Å². The highest BCUT2D eigenvalue weighted by molar-refractivity contribution is 7.91. The standard InChI is InChI=1S/C14H16N6O2S2/c1-11-7-8-13(23-11)24(21,22)16-10-9-15-14-17-18-19-20(14)12-5-3-2-4-6-12/h2-8,16H,9-10H2,1H3,(H,15,17,19). The molecule has 126 valence electrons. The summed E-state index contributed by atoms with van der Waals surface area (Å²) in [6.07, 6.45) is 0. The van der Waals surface area contributed by atoms with Gasteiger partial charge in [0, 0.05) is 18.0 Å². The van der Waals surface area contributed by atoms with E-state index in [1.807, 2.05) is 37.3 Å². The number of anilines is 1. The second kappa shape index (κ2) is 7.07. The monoisotopic (exact) mass is 364 g/mol. The molecular formula is C14H16N6O2S2. The first-order chi connectivity index (χ1) is 11.6. The number of sulfonamides is 1. The molecule has 24 heavy (non-hydrogen) atoms. The van der Waals surface area contributed by atoms with Gasteiger partial charge < -0.3 is 5.32 Å². The molecule has 0 atom stereocenters. The van der Waals surface area contributed by atoms with E-state index in [-0.39, 0.29) is 6.54 Å². The maximum Gasteiger partial charge on any atom is 0.250 e. The molecule has 0 saturated heterocycles. The Labute approximate surface area is 143 Å². The summed E-state index contributed by atoms with van der Waals surface area (Å²) in [4.78, 5) is 0.954. The van der Waals surface area contributed by atoms with E-state index in [1.54, 1.807) is 16.8 Å². The molecule has 0 aliphatic rings. The summed E-state index contributed by atoms with van der Waals surface area (Å²) in [6, 6.07) is 12.8. The van der Waals surface area contributed by atoms with Gasteiger partial charge in [-0.25, -0.2) is 13.1 Å². The van der Waals surface area contributed by atoms with Gasteiger partial charge in [0.2, 0.25) is 16.0 Å². The molecule has 0 unspecified atom stereocenters. The summed E-state index contributed by atoms with van der Waals surface area (Å²) in [5.41, 5.74) is 0.819. The summed E-state index contributed by atoms with van der Waals surface area (Å²) in [7, 11) is -3.47. The summed E-state index contributed by atoms with van der Waals surface area (Å²) in [5.74, 6) is 0.451. The third-order valence-electron chi connectivity index (χ3n) is 3.15. The Hall–Kier alpha value is -2.30. The normalized spacial score (nSPS) is 11.5. The quantitative estimate of drug-likeness (QED) is 0.615. The van der Waals surface area contributed by atoms with E-state index < -0.39 is 10.0 Å². The number of para-hydroxylation sites is 1. The van der Waals surface area contributed by atoms with Crippen LogP contribution in [0.2, 0.25) is 0 Å². The summed E-state index contributed by atoms with van der Waals surface area (Å²) in [5, 5.41) is 14.5. The fraction of sp³-hybridized carbons (Fsp3) is 0.214. The first-order valence-corrected chi connectivity index (χ1v) is 9.50. The summed E-state index contributed by atoms with van der Waals surface area (Å²) < 4.78 is 28.7. The van der Waals surface area contributed by atoms with Gasteiger partial charge in [0.1, 0.15) is 4.21 Å². The zero-order chi connectivity index (χ0) is 17.0. The minimum absolute atomic E-state index is 0.223. The van der Waals surface area contributed by atoms with Crippen LogP contribution in [0.1, 0.15) is 4.88 Å². The van der Waals surface area contributed by atoms with Crippen LogP contribution in [0.4, 0.5) is 5.95 Å². The minimum Gasteiger partial charge on any atom is -0.351 e. The van der Waals surface area contributed by atoms with Crippen molar-refractivity contribution in [3.05, 3.63) is 47.3 Å². The highest BCUT2D eigenvalue weighted by Gasteiger charge is 2.15. The smallest absolute Gasteiger partial charge is 0.250 e. The Kier molecular flexibility index (Phi) is 4.88. The van der Waals surface area contributed by atoms with Gasteiger partial charge in [-0.15, -0.1) is 11.3 Å². The molecule has 1 aromatic carbocycles. The second-order valence-electron chi connectivity index (χ2n) is 4.94. The van der Waals surface area contributed by atoms with Crippen molar-refractivity contribution in [1.29, 1.82) is 0 Å². The molecule has 0 fully saturated rings. The lowest BCUT2D eigenvalue weighted by molar-refractivity contribution is 0.585. The van der Waals surface area contributed by atoms with Crippen LogP contribution >= 0.6 is 11.3 Å². The molecule has 2 heterocycles. The summed E-state index contributed by atoms with van der Waals surface area (Å²) in [6.45, 7) is 2.45. The number of benzene rings is 1. The van der Waals surface area contributed by atoms with Crippen molar-refractivity contribution in [1.82, 2.24) is 24.9 Å². The highest BCUT2D eigenvalue weighted by Crippen LogP contribution is 2.20. The van der Waals surface area contributed by atoms with Gasteiger partial charge in [-0.1, -0.05) is 23.3 Å². The van der Waals surface area contributed by atoms with Crippen LogP contribution in [0, 0.1) is 6.92 Å². The molecule has 0 radical (unpaired) electrons. The molecule has 3 aromatic rings. The Morgan fingerprint density at radius 1 is 1.12 bits per heavy atom. The van der Waals surface area contributed by atoms with Crippen LogP contribution in [0.25, 0.3) is 5.69 Å². The van der Waals surface area contributed by atoms with Crippen molar-refractivity contribution < 1.29 is 8.42 Å². The second-order valence-corrected chi connectivity index (χ2v) is 8.22. The van der Waals surface area contributed by atoms with E-state index in [2.05, 4.69) is 25.6 Å². The van der Waals surface area contributed by atoms with Gasteiger partial charge in [-0.3, -0.25) is 0 Å². The van der Waals surface area contributed by atoms with Crippen LogP contribution in [0.5, 0.6) is 0 Å². The Morgan fingerprint density at radius 3 is 2.62 bits per heavy atom. The molecule has 0 saturated carbocycles. The number of aromatic nitrogens is 4. The molecule has 8 nitrogen and oxygen atoms in total. The van der Waals surface area contributed by atoms with E-state index in [1.165, 1.54) is 11.3 Å². The number of aryl methyl sites for hydroxylation is 1. The van der Waals surface area contributed by atoms with Gasteiger partial charge in [-0.05, 0) is 41.6 Å². The molecule has 0 aliphatic carbocycles. The van der Waals surface area contributed by atoms with Gasteiger partial charge >= 0.3 is 0 Å². The molecule has 0 aliphatic heterocycles. The van der Waals surface area contributed by atoms with Gasteiger partial charge in [0.25, 0.3) is 0 Å². The van der Waals surface area contributed by atoms with E-state index in [0.29, 0.717) is 16.7 Å². The lowest BCUT2D eigenvalue weighted by Crippen LogP contribution is -2.28. The molecule has 2 N–H and O–H groups in total. The first kappa shape index (κ1) is 16.6. The van der Waals surface area contributed by atoms with Crippen molar-refractivity contribution >= 4 is 27.3 Å². The van der Waals surface area contributed by atoms with E-state index in [4.69, 9.17) is 0 Å². The SMILES string of the molecule is Cc1ccc(S(=O)(=O)NCCNc2nnnn2-c2ccccc2)s1. The van der Waals surface area contributed by atoms with Crippen molar-refractivity contribution in [2.45, 2.75) is 11.1 Å². The molecule has 2 aromatic heterocycles. The van der Waals surface area contributed by atoms with Crippen molar-refractivity contribution in [2.24, 2.45) is 0 Å². The molecular weight excluding hydrogens is 348 g/mol. The van der Waals surface area contributed by atoms with Gasteiger partial charge in [0.05, 0.1) is 5.69 Å². The maximum atomic E-state index is 12.1. The molecule has 0 amide bonds. The van der Waals surface area contributed by atoms with Crippen LogP contribution in [0.15, 0.2) is 46.7 Å². The average molecular weight is 364 g/mol. The maximum absolute atomic E-state index is 12.1. The number of tetrazole rings is 1. The van der Waals surface area contributed by atoms with E-state index in [0.717, 1.165) is 10.6 Å². The Morgan fingerprint density at radius 2 is 1.92 bits per heavy atom. The average Bonchev–Trinajstić information content (AvgIpc) is 3.22. The minimum atomic E-state index is -3.47. The van der Waals surface area contributed by atoms with Gasteiger partial charge in [-0.2, -0.15) is 4.68 Å². The third-order valence-corrected chi connectivity index (χ3v) is 6.10. The highest BCUT2D eigenvalue weighted by atomic mass is 32.2. The van der Waals surface area contributed by atoms with E-state index >= 15 is 0 Å². The van der Waals surface area contributed by atoms with Crippen molar-refractivity contribution in [2.75, 3.05) is 18.4 Å². The number of nitrogens with one attached hydrogen (secondary N) is 2. The number of thiophene rings is 1. The lowest BCUT2D eigenvalue weighted by atomic mass is 10.3. The zero-order valence-electron chi connectivity index (χ0n) is 12.9. The predicted octanol–water partition coefficient (Wildman–Crippen LogP) is 1.42. The lowest BCUT2D eigenvalue weighted by Gasteiger charge is -2.08. The largest absolute Gasteiger partial charge is 0.351 e. The fourth-order valence-electron chi connectivity index (χ4n) is 2.03. The third kappa shape index (κ3) is 3.78. The van der Waals surface area contributed by atoms with Crippen LogP contribution < -0.4 is 10.0 Å². The van der Waals surface area contributed by atoms with Gasteiger partial charge in [0.15, 0.2) is 0 Å². The topological polar surface area (TPSA) is 102 Å². The predicted molar refractivity (Wildman–Crippen MR) is 91.9 cm³/mol. The Bertz CT molecular complexity index is 904. The van der Waals surface area contributed by atoms with Crippen LogP contribution in [-0.4, -0.2) is 41.7 Å². The first-order valence-electron chi connectivity index (χ1n) is 7.20.